The van der Waals surface area contributed by atoms with Gasteiger partial charge in [0.25, 0.3) is 0 Å². The first-order valence-electron chi connectivity index (χ1n) is 6.29. The third kappa shape index (κ3) is 3.58. The summed E-state index contributed by atoms with van der Waals surface area (Å²) in [5.74, 6) is 0.893. The van der Waals surface area contributed by atoms with Gasteiger partial charge < -0.3 is 10.6 Å². The lowest BCUT2D eigenvalue weighted by molar-refractivity contribution is 0.352. The fourth-order valence-electron chi connectivity index (χ4n) is 2.27. The molecule has 1 aliphatic rings. The van der Waals surface area contributed by atoms with Crippen molar-refractivity contribution in [2.24, 2.45) is 5.92 Å². The molecule has 1 aromatic rings. The summed E-state index contributed by atoms with van der Waals surface area (Å²) < 4.78 is 0. The van der Waals surface area contributed by atoms with Gasteiger partial charge in [-0.1, -0.05) is 0 Å². The molecule has 16 heavy (non-hydrogen) atoms. The predicted octanol–water partition coefficient (Wildman–Crippen LogP) is 2.54. The summed E-state index contributed by atoms with van der Waals surface area (Å²) >= 11 is 1.80. The van der Waals surface area contributed by atoms with Gasteiger partial charge in [0.05, 0.1) is 0 Å². The van der Waals surface area contributed by atoms with Gasteiger partial charge in [-0.2, -0.15) is 11.3 Å². The second kappa shape index (κ2) is 6.38. The third-order valence-corrected chi connectivity index (χ3v) is 4.32. The van der Waals surface area contributed by atoms with Crippen molar-refractivity contribution in [1.29, 1.82) is 0 Å². The topological polar surface area (TPSA) is 24.1 Å². The lowest BCUT2D eigenvalue weighted by Crippen LogP contribution is -2.31. The van der Waals surface area contributed by atoms with Gasteiger partial charge in [-0.25, -0.2) is 0 Å². The summed E-state index contributed by atoms with van der Waals surface area (Å²) in [5, 5.41) is 11.5. The van der Waals surface area contributed by atoms with Crippen molar-refractivity contribution in [2.45, 2.75) is 32.7 Å². The molecule has 2 nitrogen and oxygen atoms in total. The van der Waals surface area contributed by atoms with Crippen molar-refractivity contribution in [3.8, 4) is 0 Å². The molecular formula is C13H22N2S. The largest absolute Gasteiger partial charge is 0.316 e. The quantitative estimate of drug-likeness (QED) is 0.770. The summed E-state index contributed by atoms with van der Waals surface area (Å²) in [6, 6.07) is 0. The van der Waals surface area contributed by atoms with Crippen molar-refractivity contribution in [1.82, 2.24) is 10.6 Å². The van der Waals surface area contributed by atoms with Crippen LogP contribution in [0.25, 0.3) is 0 Å². The molecule has 1 saturated heterocycles. The minimum Gasteiger partial charge on any atom is -0.316 e. The summed E-state index contributed by atoms with van der Waals surface area (Å²) in [7, 11) is 0. The molecule has 0 aromatic carbocycles. The van der Waals surface area contributed by atoms with E-state index in [4.69, 9.17) is 0 Å². The maximum Gasteiger partial charge on any atom is 0.0216 e. The van der Waals surface area contributed by atoms with Crippen molar-refractivity contribution in [3.63, 3.8) is 0 Å². The number of hydrogen-bond acceptors (Lipinski definition) is 3. The van der Waals surface area contributed by atoms with E-state index in [-0.39, 0.29) is 0 Å². The van der Waals surface area contributed by atoms with Crippen LogP contribution in [0, 0.1) is 12.8 Å². The van der Waals surface area contributed by atoms with Crippen molar-refractivity contribution >= 4 is 11.3 Å². The van der Waals surface area contributed by atoms with Crippen LogP contribution in [0.4, 0.5) is 0 Å². The summed E-state index contributed by atoms with van der Waals surface area (Å²) in [6.07, 6.45) is 4.08. The van der Waals surface area contributed by atoms with Gasteiger partial charge in [-0.05, 0) is 73.6 Å². The fraction of sp³-hybridized carbons (Fsp3) is 0.692. The molecule has 0 bridgehead atoms. The first kappa shape index (κ1) is 12.1. The fourth-order valence-corrected chi connectivity index (χ4v) is 3.12. The van der Waals surface area contributed by atoms with Crippen LogP contribution >= 0.6 is 11.3 Å². The first-order chi connectivity index (χ1) is 7.86. The smallest absolute Gasteiger partial charge is 0.0216 e. The first-order valence-corrected chi connectivity index (χ1v) is 7.23. The van der Waals surface area contributed by atoms with E-state index < -0.39 is 0 Å². The third-order valence-electron chi connectivity index (χ3n) is 3.41. The highest BCUT2D eigenvalue weighted by molar-refractivity contribution is 7.08. The van der Waals surface area contributed by atoms with Crippen LogP contribution in [0.1, 0.15) is 30.4 Å². The predicted molar refractivity (Wildman–Crippen MR) is 71.0 cm³/mol. The van der Waals surface area contributed by atoms with E-state index in [1.807, 2.05) is 0 Å². The number of thiophene rings is 1. The van der Waals surface area contributed by atoms with E-state index in [1.54, 1.807) is 11.3 Å². The Morgan fingerprint density at radius 1 is 1.50 bits per heavy atom. The molecule has 0 amide bonds. The number of nitrogens with one attached hydrogen (secondary N) is 2. The molecule has 1 aliphatic heterocycles. The highest BCUT2D eigenvalue weighted by Crippen LogP contribution is 2.14. The summed E-state index contributed by atoms with van der Waals surface area (Å²) in [5.41, 5.74) is 2.89. The molecular weight excluding hydrogens is 216 g/mol. The second-order valence-electron chi connectivity index (χ2n) is 4.76. The number of piperidine rings is 1. The van der Waals surface area contributed by atoms with Crippen LogP contribution in [0.2, 0.25) is 0 Å². The van der Waals surface area contributed by atoms with Crippen LogP contribution in [0.3, 0.4) is 0 Å². The van der Waals surface area contributed by atoms with E-state index in [1.165, 1.54) is 43.5 Å². The van der Waals surface area contributed by atoms with Crippen molar-refractivity contribution in [3.05, 3.63) is 21.9 Å². The average molecular weight is 238 g/mol. The molecule has 3 heteroatoms. The van der Waals surface area contributed by atoms with Gasteiger partial charge in [0, 0.05) is 6.54 Å². The molecule has 2 rings (SSSR count). The van der Waals surface area contributed by atoms with E-state index >= 15 is 0 Å². The maximum absolute atomic E-state index is 3.55. The van der Waals surface area contributed by atoms with E-state index in [9.17, 15) is 0 Å². The van der Waals surface area contributed by atoms with Crippen molar-refractivity contribution < 1.29 is 0 Å². The summed E-state index contributed by atoms with van der Waals surface area (Å²) in [4.78, 5) is 0. The Kier molecular flexibility index (Phi) is 4.82. The lowest BCUT2D eigenvalue weighted by atomic mass is 9.96. The average Bonchev–Trinajstić information content (AvgIpc) is 2.72. The van der Waals surface area contributed by atoms with Gasteiger partial charge in [-0.3, -0.25) is 0 Å². The Hall–Kier alpha value is -0.380. The Labute approximate surface area is 102 Å². The monoisotopic (exact) mass is 238 g/mol. The van der Waals surface area contributed by atoms with Crippen LogP contribution < -0.4 is 10.6 Å². The Morgan fingerprint density at radius 2 is 2.44 bits per heavy atom. The van der Waals surface area contributed by atoms with Crippen LogP contribution in [0.15, 0.2) is 10.8 Å². The van der Waals surface area contributed by atoms with Crippen LogP contribution in [-0.2, 0) is 6.54 Å². The van der Waals surface area contributed by atoms with E-state index in [0.29, 0.717) is 0 Å². The number of hydrogen-bond donors (Lipinski definition) is 2. The van der Waals surface area contributed by atoms with Gasteiger partial charge in [0.15, 0.2) is 0 Å². The molecule has 0 spiro atoms. The van der Waals surface area contributed by atoms with E-state index in [0.717, 1.165) is 19.0 Å². The second-order valence-corrected chi connectivity index (χ2v) is 5.50. The zero-order valence-electron chi connectivity index (χ0n) is 10.1. The Morgan fingerprint density at radius 3 is 3.12 bits per heavy atom. The summed E-state index contributed by atoms with van der Waals surface area (Å²) in [6.45, 7) is 6.83. The molecule has 0 saturated carbocycles. The minimum atomic E-state index is 0.893. The molecule has 90 valence electrons. The molecule has 0 aliphatic carbocycles. The van der Waals surface area contributed by atoms with Crippen molar-refractivity contribution in [2.75, 3.05) is 19.6 Å². The van der Waals surface area contributed by atoms with Gasteiger partial charge >= 0.3 is 0 Å². The van der Waals surface area contributed by atoms with Gasteiger partial charge in [0.1, 0.15) is 0 Å². The van der Waals surface area contributed by atoms with E-state index in [2.05, 4.69) is 28.3 Å². The maximum atomic E-state index is 3.55. The highest BCUT2D eigenvalue weighted by Gasteiger charge is 2.11. The SMILES string of the molecule is Cc1cscc1CNCCC1CCCNC1. The standard InChI is InChI=1S/C13H22N2S/c1-11-9-16-10-13(11)8-15-6-4-12-3-2-5-14-7-12/h9-10,12,14-15H,2-8H2,1H3. The number of rotatable bonds is 5. The van der Waals surface area contributed by atoms with Gasteiger partial charge in [-0.15, -0.1) is 0 Å². The number of aryl methyl sites for hydroxylation is 1. The zero-order chi connectivity index (χ0) is 11.2. The zero-order valence-corrected chi connectivity index (χ0v) is 10.9. The lowest BCUT2D eigenvalue weighted by Gasteiger charge is -2.22. The Balaban J connectivity index is 1.59. The Bertz CT molecular complexity index is 303. The van der Waals surface area contributed by atoms with Crippen LogP contribution in [0.5, 0.6) is 0 Å². The minimum absolute atomic E-state index is 0.893. The normalized spacial score (nSPS) is 21.2. The molecule has 2 heterocycles. The molecule has 2 N–H and O–H groups in total. The molecule has 1 unspecified atom stereocenters. The van der Waals surface area contributed by atoms with Gasteiger partial charge in [0.2, 0.25) is 0 Å². The molecule has 1 aromatic heterocycles. The molecule has 0 radical (unpaired) electrons. The molecule has 1 fully saturated rings. The van der Waals surface area contributed by atoms with Crippen LogP contribution in [-0.4, -0.2) is 19.6 Å². The highest BCUT2D eigenvalue weighted by atomic mass is 32.1. The molecule has 1 atom stereocenters.